The van der Waals surface area contributed by atoms with Gasteiger partial charge in [-0.1, -0.05) is 6.08 Å². The van der Waals surface area contributed by atoms with Crippen molar-refractivity contribution in [3.63, 3.8) is 0 Å². The maximum Gasteiger partial charge on any atom is 0.328 e. The van der Waals surface area contributed by atoms with Crippen molar-refractivity contribution in [2.45, 2.75) is 31.7 Å². The van der Waals surface area contributed by atoms with E-state index in [1.54, 1.807) is 0 Å². The van der Waals surface area contributed by atoms with E-state index in [0.29, 0.717) is 12.3 Å². The summed E-state index contributed by atoms with van der Waals surface area (Å²) in [5.41, 5.74) is 1.00. The first-order valence-electron chi connectivity index (χ1n) is 4.74. The van der Waals surface area contributed by atoms with Gasteiger partial charge in [0.25, 0.3) is 0 Å². The summed E-state index contributed by atoms with van der Waals surface area (Å²) in [4.78, 5) is 14.9. The largest absolute Gasteiger partial charge is 0.480 e. The molecule has 0 fully saturated rings. The quantitative estimate of drug-likeness (QED) is 0.665. The van der Waals surface area contributed by atoms with E-state index in [1.807, 2.05) is 6.08 Å². The zero-order chi connectivity index (χ0) is 9.26. The summed E-state index contributed by atoms with van der Waals surface area (Å²) >= 11 is 0. The molecule has 0 saturated carbocycles. The van der Waals surface area contributed by atoms with E-state index in [-0.39, 0.29) is 0 Å². The highest BCUT2D eigenvalue weighted by molar-refractivity contribution is 5.99. The molecule has 0 amide bonds. The molecule has 1 aliphatic heterocycles. The van der Waals surface area contributed by atoms with Gasteiger partial charge in [0.2, 0.25) is 0 Å². The molecule has 1 aliphatic carbocycles. The highest BCUT2D eigenvalue weighted by Crippen LogP contribution is 2.27. The van der Waals surface area contributed by atoms with E-state index >= 15 is 0 Å². The summed E-state index contributed by atoms with van der Waals surface area (Å²) in [5.74, 6) is -0.259. The number of fused-ring (bicyclic) bond motifs is 1. The smallest absolute Gasteiger partial charge is 0.328 e. The van der Waals surface area contributed by atoms with Gasteiger partial charge >= 0.3 is 5.97 Å². The van der Waals surface area contributed by atoms with Crippen molar-refractivity contribution in [3.8, 4) is 0 Å². The van der Waals surface area contributed by atoms with Gasteiger partial charge in [-0.3, -0.25) is 4.99 Å². The third kappa shape index (κ3) is 1.64. The highest BCUT2D eigenvalue weighted by atomic mass is 16.4. The van der Waals surface area contributed by atoms with Crippen LogP contribution in [0.2, 0.25) is 0 Å². The van der Waals surface area contributed by atoms with Crippen molar-refractivity contribution in [3.05, 3.63) is 12.2 Å². The van der Waals surface area contributed by atoms with Crippen LogP contribution in [0.15, 0.2) is 17.1 Å². The fourth-order valence-corrected chi connectivity index (χ4v) is 2.01. The molecule has 2 rings (SSSR count). The molecule has 1 heterocycles. The predicted octanol–water partition coefficient (Wildman–Crippen LogP) is 1.64. The lowest BCUT2D eigenvalue weighted by atomic mass is 9.84. The Labute approximate surface area is 77.2 Å². The first kappa shape index (κ1) is 8.48. The number of carboxylic acids is 1. The number of nitrogens with zero attached hydrogens (tertiary/aromatic N) is 1. The van der Waals surface area contributed by atoms with E-state index in [0.717, 1.165) is 25.0 Å². The van der Waals surface area contributed by atoms with Gasteiger partial charge in [0, 0.05) is 11.6 Å². The molecule has 2 aliphatic rings. The topological polar surface area (TPSA) is 49.7 Å². The maximum atomic E-state index is 10.7. The molecule has 0 aromatic carbocycles. The van der Waals surface area contributed by atoms with Gasteiger partial charge in [-0.05, 0) is 31.8 Å². The second-order valence-electron chi connectivity index (χ2n) is 3.66. The Kier molecular flexibility index (Phi) is 2.17. The third-order valence-corrected chi connectivity index (χ3v) is 2.77. The van der Waals surface area contributed by atoms with Gasteiger partial charge in [-0.15, -0.1) is 0 Å². The Hall–Kier alpha value is -1.12. The zero-order valence-corrected chi connectivity index (χ0v) is 7.44. The second kappa shape index (κ2) is 3.32. The fourth-order valence-electron chi connectivity index (χ4n) is 2.01. The molecule has 0 aromatic rings. The Morgan fingerprint density at radius 3 is 3.08 bits per heavy atom. The van der Waals surface area contributed by atoms with Crippen molar-refractivity contribution >= 4 is 11.7 Å². The van der Waals surface area contributed by atoms with Gasteiger partial charge in [0.15, 0.2) is 0 Å². The Bertz CT molecular complexity index is 281. The molecule has 2 atom stereocenters. The van der Waals surface area contributed by atoms with E-state index in [1.165, 1.54) is 0 Å². The highest BCUT2D eigenvalue weighted by Gasteiger charge is 2.27. The average Bonchev–Trinajstić information content (AvgIpc) is 2.17. The van der Waals surface area contributed by atoms with Crippen LogP contribution < -0.4 is 0 Å². The molecule has 2 unspecified atom stereocenters. The molecule has 13 heavy (non-hydrogen) atoms. The second-order valence-corrected chi connectivity index (χ2v) is 3.66. The third-order valence-electron chi connectivity index (χ3n) is 2.77. The molecule has 0 aromatic heterocycles. The molecular formula is C10H13NO2. The zero-order valence-electron chi connectivity index (χ0n) is 7.44. The lowest BCUT2D eigenvalue weighted by Gasteiger charge is -2.26. The SMILES string of the molecule is O=C(O)C1CCC2CCC=CC2=N1. The van der Waals surface area contributed by atoms with Crippen LogP contribution in [-0.2, 0) is 4.79 Å². The van der Waals surface area contributed by atoms with Gasteiger partial charge in [-0.25, -0.2) is 4.79 Å². The molecule has 0 saturated heterocycles. The Morgan fingerprint density at radius 2 is 2.31 bits per heavy atom. The number of carboxylic acid groups (broad SMARTS) is 1. The van der Waals surface area contributed by atoms with Crippen LogP contribution in [0.5, 0.6) is 0 Å². The van der Waals surface area contributed by atoms with Crippen LogP contribution in [0.4, 0.5) is 0 Å². The van der Waals surface area contributed by atoms with Crippen molar-refractivity contribution in [1.29, 1.82) is 0 Å². The van der Waals surface area contributed by atoms with E-state index in [9.17, 15) is 4.79 Å². The van der Waals surface area contributed by atoms with Crippen LogP contribution in [0.3, 0.4) is 0 Å². The number of allylic oxidation sites excluding steroid dienone is 2. The molecule has 1 N–H and O–H groups in total. The van der Waals surface area contributed by atoms with E-state index in [2.05, 4.69) is 11.1 Å². The van der Waals surface area contributed by atoms with Gasteiger partial charge in [0.05, 0.1) is 0 Å². The minimum atomic E-state index is -0.787. The number of hydrogen-bond acceptors (Lipinski definition) is 2. The molecule has 0 bridgehead atoms. The van der Waals surface area contributed by atoms with Crippen molar-refractivity contribution in [2.75, 3.05) is 0 Å². The maximum absolute atomic E-state index is 10.7. The minimum Gasteiger partial charge on any atom is -0.480 e. The number of aliphatic carboxylic acids is 1. The molecule has 3 heteroatoms. The van der Waals surface area contributed by atoms with Crippen LogP contribution >= 0.6 is 0 Å². The first-order chi connectivity index (χ1) is 6.27. The molecule has 3 nitrogen and oxygen atoms in total. The van der Waals surface area contributed by atoms with Gasteiger partial charge in [0.1, 0.15) is 6.04 Å². The summed E-state index contributed by atoms with van der Waals surface area (Å²) in [6, 6.07) is -0.492. The minimum absolute atomic E-state index is 0.492. The molecular weight excluding hydrogens is 166 g/mol. The number of aliphatic imine (C=N–C) groups is 1. The van der Waals surface area contributed by atoms with Crippen LogP contribution in [-0.4, -0.2) is 22.8 Å². The lowest BCUT2D eigenvalue weighted by molar-refractivity contribution is -0.138. The summed E-state index contributed by atoms with van der Waals surface area (Å²) < 4.78 is 0. The summed E-state index contributed by atoms with van der Waals surface area (Å²) in [5, 5.41) is 8.80. The van der Waals surface area contributed by atoms with Gasteiger partial charge < -0.3 is 5.11 Å². The van der Waals surface area contributed by atoms with Crippen molar-refractivity contribution in [1.82, 2.24) is 0 Å². The van der Waals surface area contributed by atoms with Crippen molar-refractivity contribution in [2.24, 2.45) is 10.9 Å². The predicted molar refractivity (Wildman–Crippen MR) is 50.0 cm³/mol. The monoisotopic (exact) mass is 179 g/mol. The van der Waals surface area contributed by atoms with Crippen LogP contribution in [0, 0.1) is 5.92 Å². The van der Waals surface area contributed by atoms with E-state index < -0.39 is 12.0 Å². The normalized spacial score (nSPS) is 32.2. The van der Waals surface area contributed by atoms with E-state index in [4.69, 9.17) is 5.11 Å². The lowest BCUT2D eigenvalue weighted by Crippen LogP contribution is -2.29. The number of hydrogen-bond donors (Lipinski definition) is 1. The number of carbonyl (C=O) groups is 1. The molecule has 70 valence electrons. The van der Waals surface area contributed by atoms with Gasteiger partial charge in [-0.2, -0.15) is 0 Å². The summed E-state index contributed by atoms with van der Waals surface area (Å²) in [6.07, 6.45) is 8.02. The summed E-state index contributed by atoms with van der Waals surface area (Å²) in [6.45, 7) is 0. The summed E-state index contributed by atoms with van der Waals surface area (Å²) in [7, 11) is 0. The fraction of sp³-hybridized carbons (Fsp3) is 0.600. The van der Waals surface area contributed by atoms with Crippen LogP contribution in [0.25, 0.3) is 0 Å². The van der Waals surface area contributed by atoms with Crippen LogP contribution in [0.1, 0.15) is 25.7 Å². The Balaban J connectivity index is 2.20. The molecule has 0 spiro atoms. The van der Waals surface area contributed by atoms with Crippen molar-refractivity contribution < 1.29 is 9.90 Å². The molecule has 0 radical (unpaired) electrons. The standard InChI is InChI=1S/C10H13NO2/c12-10(13)9-6-5-7-3-1-2-4-8(7)11-9/h2,4,7,9H,1,3,5-6H2,(H,12,13). The Morgan fingerprint density at radius 1 is 1.46 bits per heavy atom. The average molecular weight is 179 g/mol. The number of rotatable bonds is 1. The first-order valence-corrected chi connectivity index (χ1v) is 4.74.